The first-order valence-corrected chi connectivity index (χ1v) is 14.3. The van der Waals surface area contributed by atoms with Gasteiger partial charge >= 0.3 is 11.9 Å². The molecule has 0 aliphatic carbocycles. The lowest BCUT2D eigenvalue weighted by molar-refractivity contribution is -0.134. The molecule has 8 nitrogen and oxygen atoms in total. The maximum Gasteiger partial charge on any atom is 0.328 e. The van der Waals surface area contributed by atoms with Crippen LogP contribution in [0, 0.1) is 0 Å². The molecule has 0 saturated carbocycles. The molecule has 4 rings (SSSR count). The Kier molecular flexibility index (Phi) is 13.4. The standard InChI is InChI=1S/C32H34N2O2.C4H4O4/c1-24(34-21-20-31(27-8-4-2-5-9-27)28-10-6-3-7-11-28)22-25-14-18-30(19-15-25)36-23-26-12-16-29(17-13-26)32(33)35;5-3(6)1-2-4(7)8/h2-19,24,31,34H,20-23H2,1H3,(H2,33,35);1-2H,(H,5,6)(H,7,8)/b;2-1-. The lowest BCUT2D eigenvalue weighted by Gasteiger charge is -2.20. The van der Waals surface area contributed by atoms with Crippen LogP contribution in [0.2, 0.25) is 0 Å². The molecular formula is C36H38N2O6. The van der Waals surface area contributed by atoms with Crippen LogP contribution >= 0.6 is 0 Å². The highest BCUT2D eigenvalue weighted by Crippen LogP contribution is 2.27. The molecule has 0 fully saturated rings. The molecular weight excluding hydrogens is 556 g/mol. The minimum Gasteiger partial charge on any atom is -0.489 e. The summed E-state index contributed by atoms with van der Waals surface area (Å²) in [7, 11) is 0. The van der Waals surface area contributed by atoms with Crippen molar-refractivity contribution in [2.75, 3.05) is 6.54 Å². The molecule has 0 heterocycles. The van der Waals surface area contributed by atoms with E-state index in [1.54, 1.807) is 12.1 Å². The number of nitrogens with one attached hydrogen (secondary N) is 1. The largest absolute Gasteiger partial charge is 0.489 e. The Morgan fingerprint density at radius 2 is 1.25 bits per heavy atom. The average molecular weight is 595 g/mol. The highest BCUT2D eigenvalue weighted by Gasteiger charge is 2.14. The molecule has 0 spiro atoms. The summed E-state index contributed by atoms with van der Waals surface area (Å²) < 4.78 is 5.90. The molecule has 1 amide bonds. The fraction of sp³-hybridized carbons (Fsp3) is 0.194. The number of benzene rings is 4. The van der Waals surface area contributed by atoms with Gasteiger partial charge in [0.05, 0.1) is 0 Å². The molecule has 0 aliphatic heterocycles. The quantitative estimate of drug-likeness (QED) is 0.135. The molecule has 0 radical (unpaired) electrons. The predicted octanol–water partition coefficient (Wildman–Crippen LogP) is 5.82. The van der Waals surface area contributed by atoms with Gasteiger partial charge in [0.25, 0.3) is 0 Å². The fourth-order valence-electron chi connectivity index (χ4n) is 4.59. The van der Waals surface area contributed by atoms with Gasteiger partial charge in [-0.15, -0.1) is 0 Å². The van der Waals surface area contributed by atoms with Crippen molar-refractivity contribution in [1.82, 2.24) is 5.32 Å². The summed E-state index contributed by atoms with van der Waals surface area (Å²) in [5.74, 6) is -1.73. The summed E-state index contributed by atoms with van der Waals surface area (Å²) in [6, 6.07) is 37.3. The van der Waals surface area contributed by atoms with E-state index in [4.69, 9.17) is 20.7 Å². The van der Waals surface area contributed by atoms with Crippen LogP contribution in [-0.4, -0.2) is 40.6 Å². The van der Waals surface area contributed by atoms with Crippen LogP contribution in [0.4, 0.5) is 0 Å². The molecule has 228 valence electrons. The molecule has 8 heteroatoms. The van der Waals surface area contributed by atoms with Crippen molar-refractivity contribution >= 4 is 17.8 Å². The van der Waals surface area contributed by atoms with Crippen LogP contribution in [0.25, 0.3) is 0 Å². The number of aliphatic carboxylic acids is 2. The second-order valence-electron chi connectivity index (χ2n) is 10.2. The molecule has 1 atom stereocenters. The van der Waals surface area contributed by atoms with Crippen molar-refractivity contribution < 1.29 is 29.3 Å². The topological polar surface area (TPSA) is 139 Å². The number of carboxylic acids is 2. The van der Waals surface area contributed by atoms with E-state index in [-0.39, 0.29) is 0 Å². The number of amides is 1. The normalized spacial score (nSPS) is 11.4. The van der Waals surface area contributed by atoms with Gasteiger partial charge in [0.2, 0.25) is 5.91 Å². The zero-order valence-electron chi connectivity index (χ0n) is 24.6. The minimum atomic E-state index is -1.26. The van der Waals surface area contributed by atoms with Crippen LogP contribution in [-0.2, 0) is 22.6 Å². The minimum absolute atomic E-state index is 0.368. The Bertz CT molecular complexity index is 1430. The molecule has 44 heavy (non-hydrogen) atoms. The van der Waals surface area contributed by atoms with Gasteiger partial charge < -0.3 is 26.0 Å². The highest BCUT2D eigenvalue weighted by atomic mass is 16.5. The first kappa shape index (κ1) is 33.3. The Labute approximate surface area is 257 Å². The number of hydrogen-bond donors (Lipinski definition) is 4. The third kappa shape index (κ3) is 12.0. The van der Waals surface area contributed by atoms with Gasteiger partial charge in [-0.1, -0.05) is 84.9 Å². The SMILES string of the molecule is CC(Cc1ccc(OCc2ccc(C(N)=O)cc2)cc1)NCCC(c1ccccc1)c1ccccc1.O=C(O)/C=C\C(=O)O. The Balaban J connectivity index is 0.000000583. The molecule has 0 aliphatic rings. The van der Waals surface area contributed by atoms with E-state index in [2.05, 4.69) is 85.0 Å². The van der Waals surface area contributed by atoms with Gasteiger partial charge in [-0.2, -0.15) is 0 Å². The number of carbonyl (C=O) groups is 3. The third-order valence-electron chi connectivity index (χ3n) is 6.81. The smallest absolute Gasteiger partial charge is 0.328 e. The van der Waals surface area contributed by atoms with Crippen molar-refractivity contribution in [3.8, 4) is 5.75 Å². The van der Waals surface area contributed by atoms with Crippen LogP contribution in [0.1, 0.15) is 51.9 Å². The second-order valence-corrected chi connectivity index (χ2v) is 10.2. The number of nitrogens with two attached hydrogens (primary N) is 1. The number of ether oxygens (including phenoxy) is 1. The molecule has 4 aromatic carbocycles. The Morgan fingerprint density at radius 3 is 1.73 bits per heavy atom. The molecule has 5 N–H and O–H groups in total. The van der Waals surface area contributed by atoms with Gasteiger partial charge in [-0.25, -0.2) is 9.59 Å². The highest BCUT2D eigenvalue weighted by molar-refractivity contribution is 5.92. The number of rotatable bonds is 14. The zero-order chi connectivity index (χ0) is 31.7. The summed E-state index contributed by atoms with van der Waals surface area (Å²) in [6.07, 6.45) is 3.12. The van der Waals surface area contributed by atoms with Gasteiger partial charge in [0.1, 0.15) is 12.4 Å². The number of carboxylic acid groups (broad SMARTS) is 2. The van der Waals surface area contributed by atoms with Crippen LogP contribution in [0.15, 0.2) is 121 Å². The lowest BCUT2D eigenvalue weighted by Crippen LogP contribution is -2.30. The van der Waals surface area contributed by atoms with E-state index >= 15 is 0 Å². The van der Waals surface area contributed by atoms with E-state index < -0.39 is 17.8 Å². The predicted molar refractivity (Wildman–Crippen MR) is 171 cm³/mol. The molecule has 4 aromatic rings. The second kappa shape index (κ2) is 17.7. The first-order valence-electron chi connectivity index (χ1n) is 14.3. The van der Waals surface area contributed by atoms with Gasteiger partial charge in [0.15, 0.2) is 0 Å². The van der Waals surface area contributed by atoms with E-state index in [1.807, 2.05) is 24.3 Å². The van der Waals surface area contributed by atoms with Gasteiger partial charge in [-0.05, 0) is 72.8 Å². The van der Waals surface area contributed by atoms with E-state index in [0.29, 0.717) is 36.3 Å². The van der Waals surface area contributed by atoms with Crippen LogP contribution in [0.5, 0.6) is 5.75 Å². The van der Waals surface area contributed by atoms with Crippen molar-refractivity contribution in [3.05, 3.63) is 149 Å². The van der Waals surface area contributed by atoms with E-state index in [9.17, 15) is 14.4 Å². The molecule has 1 unspecified atom stereocenters. The summed E-state index contributed by atoms with van der Waals surface area (Å²) in [4.78, 5) is 30.3. The summed E-state index contributed by atoms with van der Waals surface area (Å²) in [5.41, 5.74) is 10.8. The van der Waals surface area contributed by atoms with Crippen molar-refractivity contribution in [2.24, 2.45) is 5.73 Å². The average Bonchev–Trinajstić information content (AvgIpc) is 3.03. The maximum atomic E-state index is 11.2. The maximum absolute atomic E-state index is 11.2. The molecule has 0 saturated heterocycles. The van der Waals surface area contributed by atoms with Crippen molar-refractivity contribution in [3.63, 3.8) is 0 Å². The van der Waals surface area contributed by atoms with Gasteiger partial charge in [0, 0.05) is 29.7 Å². The number of primary amides is 1. The monoisotopic (exact) mass is 594 g/mol. The van der Waals surface area contributed by atoms with E-state index in [1.165, 1.54) is 16.7 Å². The third-order valence-corrected chi connectivity index (χ3v) is 6.81. The molecule has 0 aromatic heterocycles. The zero-order valence-corrected chi connectivity index (χ0v) is 24.6. The fourth-order valence-corrected chi connectivity index (χ4v) is 4.59. The van der Waals surface area contributed by atoms with Crippen LogP contribution in [0.3, 0.4) is 0 Å². The molecule has 0 bridgehead atoms. The summed E-state index contributed by atoms with van der Waals surface area (Å²) in [6.45, 7) is 3.63. The Morgan fingerprint density at radius 1 is 0.750 bits per heavy atom. The summed E-state index contributed by atoms with van der Waals surface area (Å²) >= 11 is 0. The van der Waals surface area contributed by atoms with Crippen molar-refractivity contribution in [2.45, 2.75) is 38.3 Å². The number of carbonyl (C=O) groups excluding carboxylic acids is 1. The lowest BCUT2D eigenvalue weighted by atomic mass is 9.88. The summed E-state index contributed by atoms with van der Waals surface area (Å²) in [5, 5.41) is 19.3. The number of hydrogen-bond acceptors (Lipinski definition) is 5. The van der Waals surface area contributed by atoms with Crippen molar-refractivity contribution in [1.29, 1.82) is 0 Å². The van der Waals surface area contributed by atoms with Gasteiger partial charge in [-0.3, -0.25) is 4.79 Å². The van der Waals surface area contributed by atoms with E-state index in [0.717, 1.165) is 30.7 Å². The van der Waals surface area contributed by atoms with Crippen LogP contribution < -0.4 is 15.8 Å². The first-order chi connectivity index (χ1) is 21.2. The Hall–Kier alpha value is -5.21.